The smallest absolute Gasteiger partial charge is 0.123 e. The SMILES string of the molecule is CNC(CSc1ccc(F)cc1)C(C)CCOC. The second-order valence-electron chi connectivity index (χ2n) is 4.42. The Kier molecular flexibility index (Phi) is 7.32. The van der Waals surface area contributed by atoms with Crippen LogP contribution in [0, 0.1) is 11.7 Å². The fourth-order valence-electron chi connectivity index (χ4n) is 1.75. The van der Waals surface area contributed by atoms with Crippen molar-refractivity contribution in [1.29, 1.82) is 0 Å². The van der Waals surface area contributed by atoms with Crippen molar-refractivity contribution in [1.82, 2.24) is 5.32 Å². The third-order valence-electron chi connectivity index (χ3n) is 3.08. The number of nitrogens with one attached hydrogen (secondary N) is 1. The van der Waals surface area contributed by atoms with Crippen LogP contribution in [0.3, 0.4) is 0 Å². The Hall–Kier alpha value is -0.580. The van der Waals surface area contributed by atoms with Gasteiger partial charge in [0.1, 0.15) is 5.82 Å². The van der Waals surface area contributed by atoms with Gasteiger partial charge in [-0.15, -0.1) is 11.8 Å². The highest BCUT2D eigenvalue weighted by atomic mass is 32.2. The first-order valence-electron chi connectivity index (χ1n) is 6.22. The Morgan fingerprint density at radius 2 is 2.00 bits per heavy atom. The Morgan fingerprint density at radius 3 is 2.56 bits per heavy atom. The first-order valence-corrected chi connectivity index (χ1v) is 7.20. The van der Waals surface area contributed by atoms with Crippen LogP contribution in [0.2, 0.25) is 0 Å². The Bertz CT molecular complexity index is 331. The average molecular weight is 271 g/mol. The summed E-state index contributed by atoms with van der Waals surface area (Å²) in [6.07, 6.45) is 1.05. The Balaban J connectivity index is 2.41. The molecule has 0 fully saturated rings. The van der Waals surface area contributed by atoms with Crippen molar-refractivity contribution in [3.05, 3.63) is 30.1 Å². The number of hydrogen-bond acceptors (Lipinski definition) is 3. The van der Waals surface area contributed by atoms with E-state index in [0.717, 1.165) is 23.7 Å². The normalized spacial score (nSPS) is 14.4. The first-order chi connectivity index (χ1) is 8.67. The highest BCUT2D eigenvalue weighted by Crippen LogP contribution is 2.22. The highest BCUT2D eigenvalue weighted by Gasteiger charge is 2.15. The van der Waals surface area contributed by atoms with Crippen LogP contribution in [-0.4, -0.2) is 32.6 Å². The summed E-state index contributed by atoms with van der Waals surface area (Å²) in [6, 6.07) is 7.10. The molecule has 4 heteroatoms. The summed E-state index contributed by atoms with van der Waals surface area (Å²) >= 11 is 1.75. The maximum Gasteiger partial charge on any atom is 0.123 e. The molecule has 1 aromatic carbocycles. The molecule has 2 atom stereocenters. The summed E-state index contributed by atoms with van der Waals surface area (Å²) in [7, 11) is 3.72. The van der Waals surface area contributed by atoms with Crippen molar-refractivity contribution in [2.24, 2.45) is 5.92 Å². The summed E-state index contributed by atoms with van der Waals surface area (Å²) in [4.78, 5) is 1.11. The van der Waals surface area contributed by atoms with Gasteiger partial charge in [0.15, 0.2) is 0 Å². The third-order valence-corrected chi connectivity index (χ3v) is 4.21. The molecule has 0 aliphatic heterocycles. The minimum Gasteiger partial charge on any atom is -0.385 e. The molecule has 0 aliphatic rings. The fraction of sp³-hybridized carbons (Fsp3) is 0.571. The molecule has 0 spiro atoms. The molecule has 0 amide bonds. The van der Waals surface area contributed by atoms with Crippen LogP contribution in [0.4, 0.5) is 4.39 Å². The van der Waals surface area contributed by atoms with Crippen molar-refractivity contribution in [3.63, 3.8) is 0 Å². The average Bonchev–Trinajstić information content (AvgIpc) is 2.39. The quantitative estimate of drug-likeness (QED) is 0.734. The van der Waals surface area contributed by atoms with Gasteiger partial charge in [-0.25, -0.2) is 4.39 Å². The molecule has 0 saturated heterocycles. The lowest BCUT2D eigenvalue weighted by molar-refractivity contribution is 0.173. The Labute approximate surface area is 113 Å². The van der Waals surface area contributed by atoms with E-state index < -0.39 is 0 Å². The number of halogens is 1. The molecule has 0 aromatic heterocycles. The van der Waals surface area contributed by atoms with Crippen molar-refractivity contribution in [2.45, 2.75) is 24.3 Å². The van der Waals surface area contributed by atoms with Crippen LogP contribution >= 0.6 is 11.8 Å². The molecule has 2 unspecified atom stereocenters. The largest absolute Gasteiger partial charge is 0.385 e. The molecule has 102 valence electrons. The van der Waals surface area contributed by atoms with Gasteiger partial charge in [-0.3, -0.25) is 0 Å². The van der Waals surface area contributed by atoms with Crippen molar-refractivity contribution in [3.8, 4) is 0 Å². The van der Waals surface area contributed by atoms with Gasteiger partial charge in [0.2, 0.25) is 0 Å². The minimum absolute atomic E-state index is 0.182. The van der Waals surface area contributed by atoms with E-state index in [1.54, 1.807) is 18.9 Å². The zero-order valence-electron chi connectivity index (χ0n) is 11.3. The molecule has 0 bridgehead atoms. The van der Waals surface area contributed by atoms with Crippen LogP contribution in [0.1, 0.15) is 13.3 Å². The summed E-state index contributed by atoms with van der Waals surface area (Å²) in [5, 5.41) is 3.34. The van der Waals surface area contributed by atoms with Gasteiger partial charge in [0.25, 0.3) is 0 Å². The molecular formula is C14H22FNOS. The predicted molar refractivity (Wildman–Crippen MR) is 75.6 cm³/mol. The molecular weight excluding hydrogens is 249 g/mol. The van der Waals surface area contributed by atoms with E-state index >= 15 is 0 Å². The van der Waals surface area contributed by atoms with Crippen molar-refractivity contribution < 1.29 is 9.13 Å². The van der Waals surface area contributed by atoms with E-state index in [9.17, 15) is 4.39 Å². The molecule has 2 nitrogen and oxygen atoms in total. The zero-order chi connectivity index (χ0) is 13.4. The topological polar surface area (TPSA) is 21.3 Å². The number of methoxy groups -OCH3 is 1. The lowest BCUT2D eigenvalue weighted by atomic mass is 10.0. The number of rotatable bonds is 8. The first kappa shape index (κ1) is 15.5. The standard InChI is InChI=1S/C14H22FNOS/c1-11(8-9-17-3)14(16-2)10-18-13-6-4-12(15)5-7-13/h4-7,11,14,16H,8-10H2,1-3H3. The highest BCUT2D eigenvalue weighted by molar-refractivity contribution is 7.99. The summed E-state index contributed by atoms with van der Waals surface area (Å²) in [6.45, 7) is 3.02. The Morgan fingerprint density at radius 1 is 1.33 bits per heavy atom. The van der Waals surface area contributed by atoms with E-state index in [2.05, 4.69) is 12.2 Å². The monoisotopic (exact) mass is 271 g/mol. The fourth-order valence-corrected chi connectivity index (χ4v) is 2.95. The van der Waals surface area contributed by atoms with Gasteiger partial charge in [0, 0.05) is 30.4 Å². The van der Waals surface area contributed by atoms with Crippen LogP contribution in [0.5, 0.6) is 0 Å². The lowest BCUT2D eigenvalue weighted by Crippen LogP contribution is -2.34. The maximum atomic E-state index is 12.8. The van der Waals surface area contributed by atoms with E-state index in [1.807, 2.05) is 19.2 Å². The second-order valence-corrected chi connectivity index (χ2v) is 5.51. The maximum absolute atomic E-state index is 12.8. The van der Waals surface area contributed by atoms with Gasteiger partial charge >= 0.3 is 0 Å². The van der Waals surface area contributed by atoms with Crippen LogP contribution in [0.15, 0.2) is 29.2 Å². The number of hydrogen-bond donors (Lipinski definition) is 1. The van der Waals surface area contributed by atoms with Gasteiger partial charge in [-0.2, -0.15) is 0 Å². The third kappa shape index (κ3) is 5.38. The minimum atomic E-state index is -0.182. The molecule has 1 N–H and O–H groups in total. The summed E-state index contributed by atoms with van der Waals surface area (Å²) in [5.74, 6) is 1.35. The van der Waals surface area contributed by atoms with Crippen molar-refractivity contribution >= 4 is 11.8 Å². The van der Waals surface area contributed by atoms with Gasteiger partial charge < -0.3 is 10.1 Å². The molecule has 0 aliphatic carbocycles. The number of thioether (sulfide) groups is 1. The van der Waals surface area contributed by atoms with E-state index in [1.165, 1.54) is 12.1 Å². The molecule has 0 heterocycles. The van der Waals surface area contributed by atoms with E-state index in [4.69, 9.17) is 4.74 Å². The molecule has 18 heavy (non-hydrogen) atoms. The van der Waals surface area contributed by atoms with Crippen molar-refractivity contribution in [2.75, 3.05) is 26.5 Å². The van der Waals surface area contributed by atoms with E-state index in [0.29, 0.717) is 12.0 Å². The molecule has 1 rings (SSSR count). The predicted octanol–water partition coefficient (Wildman–Crippen LogP) is 3.18. The molecule has 0 radical (unpaired) electrons. The lowest BCUT2D eigenvalue weighted by Gasteiger charge is -2.23. The van der Waals surface area contributed by atoms with Gasteiger partial charge in [0.05, 0.1) is 0 Å². The van der Waals surface area contributed by atoms with Crippen LogP contribution < -0.4 is 5.32 Å². The zero-order valence-corrected chi connectivity index (χ0v) is 12.1. The van der Waals surface area contributed by atoms with Crippen LogP contribution in [0.25, 0.3) is 0 Å². The van der Waals surface area contributed by atoms with E-state index in [-0.39, 0.29) is 5.82 Å². The second kappa shape index (κ2) is 8.51. The van der Waals surface area contributed by atoms with Gasteiger partial charge in [-0.05, 0) is 43.7 Å². The molecule has 0 saturated carbocycles. The summed E-state index contributed by atoms with van der Waals surface area (Å²) < 4.78 is 17.9. The van der Waals surface area contributed by atoms with Gasteiger partial charge in [-0.1, -0.05) is 6.92 Å². The van der Waals surface area contributed by atoms with Crippen LogP contribution in [-0.2, 0) is 4.74 Å². The number of benzene rings is 1. The number of ether oxygens (including phenoxy) is 1. The molecule has 1 aromatic rings. The summed E-state index contributed by atoms with van der Waals surface area (Å²) in [5.41, 5.74) is 0.